The highest BCUT2D eigenvalue weighted by Gasteiger charge is 2.31. The van der Waals surface area contributed by atoms with Crippen molar-refractivity contribution < 1.29 is 0 Å². The fourth-order valence-corrected chi connectivity index (χ4v) is 3.73. The minimum Gasteiger partial charge on any atom is -0.357 e. The first-order valence-corrected chi connectivity index (χ1v) is 9.51. The van der Waals surface area contributed by atoms with Crippen molar-refractivity contribution in [3.8, 4) is 0 Å². The van der Waals surface area contributed by atoms with Crippen molar-refractivity contribution in [1.29, 1.82) is 0 Å². The highest BCUT2D eigenvalue weighted by molar-refractivity contribution is 14.0. The van der Waals surface area contributed by atoms with E-state index >= 15 is 0 Å². The summed E-state index contributed by atoms with van der Waals surface area (Å²) in [4.78, 5) is 7.32. The van der Waals surface area contributed by atoms with Gasteiger partial charge in [0, 0.05) is 32.6 Å². The van der Waals surface area contributed by atoms with Crippen molar-refractivity contribution >= 4 is 29.9 Å². The van der Waals surface area contributed by atoms with Crippen molar-refractivity contribution in [3.63, 3.8) is 0 Å². The Labute approximate surface area is 169 Å². The second-order valence-electron chi connectivity index (χ2n) is 7.12. The molecule has 0 amide bonds. The van der Waals surface area contributed by atoms with E-state index in [0.29, 0.717) is 5.41 Å². The van der Waals surface area contributed by atoms with Crippen LogP contribution in [0.25, 0.3) is 0 Å². The van der Waals surface area contributed by atoms with E-state index in [0.717, 1.165) is 50.9 Å². The first kappa shape index (κ1) is 22.2. The topological polar surface area (TPSA) is 58.3 Å². The number of piperidine rings is 1. The molecule has 1 N–H and O–H groups in total. The van der Waals surface area contributed by atoms with Crippen molar-refractivity contribution in [2.75, 3.05) is 26.2 Å². The SMILES string of the molecule is CCCC1(C)CCCN(C(=NCCn2cnnc2CC)NCC)C1.I. The molecule has 0 saturated carbocycles. The number of rotatable bonds is 7. The average Bonchev–Trinajstić information content (AvgIpc) is 3.01. The number of likely N-dealkylation sites (tertiary alicyclic amines) is 1. The second kappa shape index (κ2) is 11.0. The monoisotopic (exact) mass is 462 g/mol. The number of nitrogens with one attached hydrogen (secondary N) is 1. The van der Waals surface area contributed by atoms with Crippen LogP contribution in [0.2, 0.25) is 0 Å². The van der Waals surface area contributed by atoms with Crippen LogP contribution in [0.1, 0.15) is 59.2 Å². The molecule has 2 rings (SSSR count). The Kier molecular flexibility index (Phi) is 9.74. The van der Waals surface area contributed by atoms with Gasteiger partial charge in [-0.1, -0.05) is 27.2 Å². The van der Waals surface area contributed by atoms with Gasteiger partial charge in [-0.25, -0.2) is 0 Å². The van der Waals surface area contributed by atoms with Crippen LogP contribution in [0.5, 0.6) is 0 Å². The van der Waals surface area contributed by atoms with E-state index in [1.807, 2.05) is 0 Å². The molecule has 7 heteroatoms. The Morgan fingerprint density at radius 1 is 1.36 bits per heavy atom. The lowest BCUT2D eigenvalue weighted by Crippen LogP contribution is -2.50. The zero-order valence-corrected chi connectivity index (χ0v) is 18.6. The number of hydrogen-bond donors (Lipinski definition) is 1. The molecule has 0 spiro atoms. The molecule has 1 aromatic heterocycles. The minimum absolute atomic E-state index is 0. The van der Waals surface area contributed by atoms with E-state index < -0.39 is 0 Å². The molecule has 25 heavy (non-hydrogen) atoms. The number of halogens is 1. The van der Waals surface area contributed by atoms with Crippen LogP contribution in [0.15, 0.2) is 11.3 Å². The molecular formula is C18H35IN6. The molecule has 1 aliphatic rings. The van der Waals surface area contributed by atoms with Crippen molar-refractivity contribution in [2.24, 2.45) is 10.4 Å². The molecule has 0 bridgehead atoms. The molecular weight excluding hydrogens is 427 g/mol. The summed E-state index contributed by atoms with van der Waals surface area (Å²) in [7, 11) is 0. The van der Waals surface area contributed by atoms with Crippen LogP contribution >= 0.6 is 24.0 Å². The van der Waals surface area contributed by atoms with Gasteiger partial charge in [0.05, 0.1) is 6.54 Å². The van der Waals surface area contributed by atoms with Gasteiger partial charge in [-0.3, -0.25) is 4.99 Å². The van der Waals surface area contributed by atoms with Gasteiger partial charge in [-0.15, -0.1) is 34.2 Å². The summed E-state index contributed by atoms with van der Waals surface area (Å²) in [6.45, 7) is 13.7. The summed E-state index contributed by atoms with van der Waals surface area (Å²) < 4.78 is 2.10. The zero-order chi connectivity index (χ0) is 17.4. The van der Waals surface area contributed by atoms with Gasteiger partial charge in [-0.05, 0) is 31.6 Å². The number of guanidine groups is 1. The highest BCUT2D eigenvalue weighted by atomic mass is 127. The third-order valence-electron chi connectivity index (χ3n) is 4.88. The number of aromatic nitrogens is 3. The molecule has 0 aromatic carbocycles. The van der Waals surface area contributed by atoms with Crippen LogP contribution in [0, 0.1) is 5.41 Å². The molecule has 1 aliphatic heterocycles. The van der Waals surface area contributed by atoms with E-state index in [4.69, 9.17) is 4.99 Å². The van der Waals surface area contributed by atoms with Crippen molar-refractivity contribution in [2.45, 2.75) is 66.3 Å². The maximum atomic E-state index is 4.87. The van der Waals surface area contributed by atoms with Gasteiger partial charge in [0.25, 0.3) is 0 Å². The number of aryl methyl sites for hydroxylation is 1. The van der Waals surface area contributed by atoms with Crippen LogP contribution in [-0.4, -0.2) is 51.8 Å². The summed E-state index contributed by atoms with van der Waals surface area (Å²) in [5.41, 5.74) is 0.423. The van der Waals surface area contributed by atoms with E-state index in [2.05, 4.69) is 52.7 Å². The van der Waals surface area contributed by atoms with Gasteiger partial charge >= 0.3 is 0 Å². The molecule has 2 heterocycles. The first-order valence-electron chi connectivity index (χ1n) is 9.51. The van der Waals surface area contributed by atoms with Gasteiger partial charge in [0.1, 0.15) is 12.2 Å². The fourth-order valence-electron chi connectivity index (χ4n) is 3.73. The molecule has 0 radical (unpaired) electrons. The molecule has 0 aliphatic carbocycles. The Hall–Kier alpha value is -0.860. The van der Waals surface area contributed by atoms with E-state index in [1.54, 1.807) is 6.33 Å². The molecule has 1 atom stereocenters. The lowest BCUT2D eigenvalue weighted by atomic mass is 9.78. The largest absolute Gasteiger partial charge is 0.357 e. The fraction of sp³-hybridized carbons (Fsp3) is 0.833. The Bertz CT molecular complexity index is 525. The predicted octanol–water partition coefficient (Wildman–Crippen LogP) is 3.33. The molecule has 1 saturated heterocycles. The van der Waals surface area contributed by atoms with Crippen molar-refractivity contribution in [3.05, 3.63) is 12.2 Å². The van der Waals surface area contributed by atoms with Gasteiger partial charge in [-0.2, -0.15) is 0 Å². The van der Waals surface area contributed by atoms with Gasteiger partial charge < -0.3 is 14.8 Å². The lowest BCUT2D eigenvalue weighted by molar-refractivity contribution is 0.142. The van der Waals surface area contributed by atoms with Gasteiger partial charge in [0.2, 0.25) is 0 Å². The Morgan fingerprint density at radius 2 is 2.16 bits per heavy atom. The molecule has 6 nitrogen and oxygen atoms in total. The van der Waals surface area contributed by atoms with E-state index in [1.165, 1.54) is 25.7 Å². The third-order valence-corrected chi connectivity index (χ3v) is 4.88. The maximum absolute atomic E-state index is 4.87. The Morgan fingerprint density at radius 3 is 2.84 bits per heavy atom. The van der Waals surface area contributed by atoms with Crippen LogP contribution in [0.3, 0.4) is 0 Å². The maximum Gasteiger partial charge on any atom is 0.193 e. The predicted molar refractivity (Wildman–Crippen MR) is 115 cm³/mol. The van der Waals surface area contributed by atoms with Gasteiger partial charge in [0.15, 0.2) is 5.96 Å². The Balaban J connectivity index is 0.00000312. The summed E-state index contributed by atoms with van der Waals surface area (Å²) in [6.07, 6.45) is 7.85. The first-order chi connectivity index (χ1) is 11.6. The van der Waals surface area contributed by atoms with Crippen LogP contribution in [-0.2, 0) is 13.0 Å². The number of nitrogens with zero attached hydrogens (tertiary/aromatic N) is 5. The van der Waals surface area contributed by atoms with Crippen molar-refractivity contribution in [1.82, 2.24) is 25.0 Å². The smallest absolute Gasteiger partial charge is 0.193 e. The normalized spacial score (nSPS) is 21.1. The molecule has 144 valence electrons. The summed E-state index contributed by atoms with van der Waals surface area (Å²) in [6, 6.07) is 0. The third kappa shape index (κ3) is 6.42. The zero-order valence-electron chi connectivity index (χ0n) is 16.3. The summed E-state index contributed by atoms with van der Waals surface area (Å²) in [5, 5.41) is 11.6. The minimum atomic E-state index is 0. The standard InChI is InChI=1S/C18H34N6.HI/c1-5-9-18(4)10-8-12-23(14-18)17(19-7-3)20-11-13-24-15-21-22-16(24)6-2;/h15H,5-14H2,1-4H3,(H,19,20);1H. The lowest BCUT2D eigenvalue weighted by Gasteiger charge is -2.42. The quantitative estimate of drug-likeness (QED) is 0.384. The summed E-state index contributed by atoms with van der Waals surface area (Å²) >= 11 is 0. The molecule has 1 aromatic rings. The van der Waals surface area contributed by atoms with Crippen LogP contribution < -0.4 is 5.32 Å². The molecule has 1 fully saturated rings. The van der Waals surface area contributed by atoms with Crippen LogP contribution in [0.4, 0.5) is 0 Å². The highest BCUT2D eigenvalue weighted by Crippen LogP contribution is 2.33. The molecule has 1 unspecified atom stereocenters. The second-order valence-corrected chi connectivity index (χ2v) is 7.12. The number of hydrogen-bond acceptors (Lipinski definition) is 3. The number of aliphatic imine (C=N–C) groups is 1. The van der Waals surface area contributed by atoms with E-state index in [9.17, 15) is 0 Å². The summed E-state index contributed by atoms with van der Waals surface area (Å²) in [5.74, 6) is 2.09. The van der Waals surface area contributed by atoms with E-state index in [-0.39, 0.29) is 24.0 Å². The average molecular weight is 462 g/mol.